The van der Waals surface area contributed by atoms with E-state index in [0.29, 0.717) is 12.2 Å². The maximum atomic E-state index is 10.2. The molecule has 0 amide bonds. The van der Waals surface area contributed by atoms with Crippen LogP contribution in [0.3, 0.4) is 0 Å². The van der Waals surface area contributed by atoms with Crippen LogP contribution in [0.1, 0.15) is 26.3 Å². The summed E-state index contributed by atoms with van der Waals surface area (Å²) in [5.74, 6) is -1.64. The number of hydrogen-bond acceptors (Lipinski definition) is 5. The lowest BCUT2D eigenvalue weighted by Gasteiger charge is -1.91. The minimum Gasteiger partial charge on any atom is -0.478 e. The maximum Gasteiger partial charge on any atom is 0.332 e. The number of esters is 2. The van der Waals surface area contributed by atoms with Gasteiger partial charge in [0.2, 0.25) is 0 Å². The average molecular weight is 390 g/mol. The van der Waals surface area contributed by atoms with Crippen LogP contribution in [0, 0.1) is 0 Å². The van der Waals surface area contributed by atoms with Crippen molar-refractivity contribution in [3.8, 4) is 0 Å². The van der Waals surface area contributed by atoms with Gasteiger partial charge in [-0.05, 0) is 26.3 Å². The van der Waals surface area contributed by atoms with E-state index >= 15 is 0 Å². The van der Waals surface area contributed by atoms with Crippen LogP contribution in [-0.2, 0) is 23.9 Å². The number of hydrogen-bond donors (Lipinski definition) is 1. The normalized spacial score (nSPS) is 7.86. The fourth-order valence-electron chi connectivity index (χ4n) is 0.965. The van der Waals surface area contributed by atoms with Crippen LogP contribution >= 0.6 is 0 Å². The Morgan fingerprint density at radius 2 is 1.50 bits per heavy atom. The van der Waals surface area contributed by atoms with Gasteiger partial charge < -0.3 is 14.6 Å². The Morgan fingerprint density at radius 3 is 1.64 bits per heavy atom. The number of aliphatic carboxylic acids is 1. The van der Waals surface area contributed by atoms with Crippen LogP contribution in [0.4, 0.5) is 0 Å². The van der Waals surface area contributed by atoms with Crippen molar-refractivity contribution in [3.63, 3.8) is 0 Å². The summed E-state index contributed by atoms with van der Waals surface area (Å²) in [6, 6.07) is 10.0. The summed E-state index contributed by atoms with van der Waals surface area (Å²) in [5.41, 5.74) is 1.78. The molecule has 1 aromatic rings. The molecule has 0 fully saturated rings. The number of ether oxygens (including phenoxy) is 2. The zero-order valence-corrected chi connectivity index (χ0v) is 17.1. The van der Waals surface area contributed by atoms with Crippen molar-refractivity contribution < 1.29 is 29.0 Å². The molecule has 0 spiro atoms. The summed E-state index contributed by atoms with van der Waals surface area (Å²) in [5, 5.41) is 7.89. The average Bonchev–Trinajstić information content (AvgIpc) is 2.69. The fourth-order valence-corrected chi connectivity index (χ4v) is 0.965. The topological polar surface area (TPSA) is 89.9 Å². The second kappa shape index (κ2) is 19.9. The highest BCUT2D eigenvalue weighted by Crippen LogP contribution is 1.97. The quantitative estimate of drug-likeness (QED) is 0.590. The number of carboxylic acid groups (broad SMARTS) is 1. The van der Waals surface area contributed by atoms with Crippen molar-refractivity contribution in [2.24, 2.45) is 0 Å². The van der Waals surface area contributed by atoms with Gasteiger partial charge in [0.05, 0.1) is 13.7 Å². The molecule has 6 nitrogen and oxygen atoms in total. The lowest BCUT2D eigenvalue weighted by molar-refractivity contribution is -0.137. The molecule has 0 aliphatic rings. The lowest BCUT2D eigenvalue weighted by Crippen LogP contribution is -1.98. The van der Waals surface area contributed by atoms with Gasteiger partial charge in [0.25, 0.3) is 0 Å². The summed E-state index contributed by atoms with van der Waals surface area (Å²) in [6.07, 6.45) is 2.98. The molecule has 154 valence electrons. The van der Waals surface area contributed by atoms with Crippen molar-refractivity contribution in [1.82, 2.24) is 0 Å². The zero-order valence-electron chi connectivity index (χ0n) is 17.1. The Kier molecular flexibility index (Phi) is 20.9. The molecule has 1 rings (SSSR count). The second-order valence-corrected chi connectivity index (χ2v) is 4.93. The molecule has 0 bridgehead atoms. The van der Waals surface area contributed by atoms with Gasteiger partial charge in [-0.2, -0.15) is 0 Å². The van der Waals surface area contributed by atoms with Crippen molar-refractivity contribution in [2.75, 3.05) is 13.7 Å². The molecule has 0 aliphatic heterocycles. The molecule has 0 saturated carbocycles. The smallest absolute Gasteiger partial charge is 0.332 e. The Morgan fingerprint density at radius 1 is 1.04 bits per heavy atom. The highest BCUT2D eigenvalue weighted by Gasteiger charge is 1.95. The van der Waals surface area contributed by atoms with Crippen LogP contribution in [0.25, 0.3) is 6.08 Å². The molecule has 0 aromatic heterocycles. The summed E-state index contributed by atoms with van der Waals surface area (Å²) >= 11 is 0. The molecule has 1 N–H and O–H groups in total. The van der Waals surface area contributed by atoms with Crippen molar-refractivity contribution in [3.05, 3.63) is 79.4 Å². The molecule has 1 aromatic carbocycles. The Bertz CT molecular complexity index is 630. The van der Waals surface area contributed by atoms with Crippen molar-refractivity contribution in [2.45, 2.75) is 20.8 Å². The van der Waals surface area contributed by atoms with E-state index < -0.39 is 5.97 Å². The molecule has 0 aliphatic carbocycles. The van der Waals surface area contributed by atoms with Crippen LogP contribution in [0.15, 0.2) is 73.9 Å². The summed E-state index contributed by atoms with van der Waals surface area (Å²) in [7, 11) is 1.33. The highest BCUT2D eigenvalue weighted by molar-refractivity contribution is 5.86. The van der Waals surface area contributed by atoms with Gasteiger partial charge in [-0.25, -0.2) is 14.4 Å². The third-order valence-electron chi connectivity index (χ3n) is 2.39. The van der Waals surface area contributed by atoms with E-state index in [2.05, 4.69) is 35.8 Å². The van der Waals surface area contributed by atoms with E-state index in [1.807, 2.05) is 36.4 Å². The first kappa shape index (κ1) is 29.4. The molecule has 0 saturated heterocycles. The van der Waals surface area contributed by atoms with Crippen molar-refractivity contribution >= 4 is 24.0 Å². The molecular formula is C22H30O6. The van der Waals surface area contributed by atoms with Crippen LogP contribution in [-0.4, -0.2) is 36.7 Å². The number of carbonyl (C=O) groups is 3. The molecular weight excluding hydrogens is 360 g/mol. The number of rotatable bonds is 5. The van der Waals surface area contributed by atoms with E-state index in [4.69, 9.17) is 5.11 Å². The molecule has 0 atom stereocenters. The third-order valence-corrected chi connectivity index (χ3v) is 2.39. The van der Waals surface area contributed by atoms with E-state index in [1.165, 1.54) is 19.6 Å². The minimum atomic E-state index is -0.935. The Labute approximate surface area is 167 Å². The number of methoxy groups -OCH3 is 1. The molecule has 6 heteroatoms. The number of carboxylic acids is 1. The lowest BCUT2D eigenvalue weighted by atomic mass is 10.2. The standard InChI is InChI=1S/C8H8.2C5H8O2.C4H6O2/c1-2-8-6-4-3-5-7-8;1-4(2)5(6)7-3;1-3-5(6)7-4-2;1-3(2)4(5)6/h2-7H,1H2;1H2,2-3H3;3H,1,4H2,2H3;1H2,2H3,(H,5,6). The predicted octanol–water partition coefficient (Wildman–Crippen LogP) is 4.45. The zero-order chi connectivity index (χ0) is 22.5. The molecule has 0 unspecified atom stereocenters. The minimum absolute atomic E-state index is 0.176. The largest absolute Gasteiger partial charge is 0.478 e. The van der Waals surface area contributed by atoms with E-state index in [0.717, 1.165) is 6.08 Å². The van der Waals surface area contributed by atoms with Gasteiger partial charge in [0.1, 0.15) is 0 Å². The van der Waals surface area contributed by atoms with E-state index in [1.54, 1.807) is 13.8 Å². The second-order valence-electron chi connectivity index (χ2n) is 4.93. The van der Waals surface area contributed by atoms with Crippen LogP contribution in [0.5, 0.6) is 0 Å². The van der Waals surface area contributed by atoms with Gasteiger partial charge in [0.15, 0.2) is 0 Å². The maximum absolute atomic E-state index is 10.2. The Balaban J connectivity index is -0.000000300. The fraction of sp³-hybridized carbons (Fsp3) is 0.227. The monoisotopic (exact) mass is 390 g/mol. The number of carbonyl (C=O) groups excluding carboxylic acids is 2. The number of benzene rings is 1. The SMILES string of the molecule is C=C(C)C(=O)O.C=C(C)C(=O)OC.C=CC(=O)OCC.C=Cc1ccccc1. The van der Waals surface area contributed by atoms with Gasteiger partial charge >= 0.3 is 17.9 Å². The molecule has 0 heterocycles. The molecule has 28 heavy (non-hydrogen) atoms. The third kappa shape index (κ3) is 22.6. The first-order chi connectivity index (χ1) is 13.1. The summed E-state index contributed by atoms with van der Waals surface area (Å²) in [4.78, 5) is 29.9. The molecule has 0 radical (unpaired) electrons. The highest BCUT2D eigenvalue weighted by atomic mass is 16.5. The summed E-state index contributed by atoms with van der Waals surface area (Å²) < 4.78 is 8.71. The van der Waals surface area contributed by atoms with E-state index in [9.17, 15) is 14.4 Å². The first-order valence-electron chi connectivity index (χ1n) is 8.16. The Hall–Kier alpha value is -3.41. The van der Waals surface area contributed by atoms with E-state index in [-0.39, 0.29) is 17.5 Å². The van der Waals surface area contributed by atoms with Crippen molar-refractivity contribution in [1.29, 1.82) is 0 Å². The van der Waals surface area contributed by atoms with Gasteiger partial charge in [-0.1, -0.05) is 62.7 Å². The van der Waals surface area contributed by atoms with Gasteiger partial charge in [-0.3, -0.25) is 0 Å². The summed E-state index contributed by atoms with van der Waals surface area (Å²) in [6.45, 7) is 18.6. The van der Waals surface area contributed by atoms with Gasteiger partial charge in [0, 0.05) is 17.2 Å². The first-order valence-corrected chi connectivity index (χ1v) is 8.16. The van der Waals surface area contributed by atoms with Gasteiger partial charge in [-0.15, -0.1) is 0 Å². The van der Waals surface area contributed by atoms with Crippen LogP contribution in [0.2, 0.25) is 0 Å². The predicted molar refractivity (Wildman–Crippen MR) is 113 cm³/mol. The van der Waals surface area contributed by atoms with Crippen LogP contribution < -0.4 is 0 Å².